The number of hydrogen-bond donors (Lipinski definition) is 0. The zero-order valence-corrected chi connectivity index (χ0v) is 9.24. The molecule has 0 spiro atoms. The molecule has 15 heavy (non-hydrogen) atoms. The molecule has 0 unspecified atom stereocenters. The molecule has 80 valence electrons. The second-order valence-corrected chi connectivity index (χ2v) is 5.48. The van der Waals surface area contributed by atoms with Gasteiger partial charge in [0.15, 0.2) is 0 Å². The molecule has 0 saturated heterocycles. The van der Waals surface area contributed by atoms with Crippen molar-refractivity contribution < 1.29 is 8.42 Å². The van der Waals surface area contributed by atoms with Crippen LogP contribution in [0.1, 0.15) is 5.56 Å². The summed E-state index contributed by atoms with van der Waals surface area (Å²) < 4.78 is 24.2. The maximum Gasteiger partial charge on any atom is 0.211 e. The molecule has 0 aromatic heterocycles. The number of benzene rings is 1. The van der Waals surface area contributed by atoms with Crippen molar-refractivity contribution in [2.45, 2.75) is 6.54 Å². The van der Waals surface area contributed by atoms with Gasteiger partial charge in [-0.2, -0.15) is 4.31 Å². The van der Waals surface area contributed by atoms with Crippen LogP contribution in [0.4, 0.5) is 5.69 Å². The third kappa shape index (κ3) is 2.24. The Kier molecular flexibility index (Phi) is 2.58. The topological polar surface area (TPSA) is 49.7 Å². The van der Waals surface area contributed by atoms with Gasteiger partial charge in [-0.1, -0.05) is 18.2 Å². The minimum atomic E-state index is -3.15. The lowest BCUT2D eigenvalue weighted by atomic mass is 10.2. The molecule has 1 heterocycles. The van der Waals surface area contributed by atoms with Gasteiger partial charge in [-0.3, -0.25) is 4.99 Å². The fraction of sp³-hybridized carbons (Fsp3) is 0.300. The summed E-state index contributed by atoms with van der Waals surface area (Å²) in [5.74, 6) is 0. The van der Waals surface area contributed by atoms with Crippen molar-refractivity contribution in [1.29, 1.82) is 0 Å². The van der Waals surface area contributed by atoms with Gasteiger partial charge in [0, 0.05) is 19.3 Å². The van der Waals surface area contributed by atoms with E-state index in [9.17, 15) is 8.42 Å². The van der Waals surface area contributed by atoms with Gasteiger partial charge in [0.25, 0.3) is 0 Å². The molecule has 0 bridgehead atoms. The maximum atomic E-state index is 11.4. The summed E-state index contributed by atoms with van der Waals surface area (Å²) in [6, 6.07) is 7.57. The first-order chi connectivity index (χ1) is 7.07. The summed E-state index contributed by atoms with van der Waals surface area (Å²) >= 11 is 0. The van der Waals surface area contributed by atoms with Crippen molar-refractivity contribution in [1.82, 2.24) is 4.31 Å². The molecule has 1 aliphatic heterocycles. The average molecular weight is 224 g/mol. The van der Waals surface area contributed by atoms with Crippen molar-refractivity contribution in [2.75, 3.05) is 12.8 Å². The largest absolute Gasteiger partial charge is 0.260 e. The predicted molar refractivity (Wildman–Crippen MR) is 59.8 cm³/mol. The zero-order chi connectivity index (χ0) is 10.9. The minimum Gasteiger partial charge on any atom is -0.260 e. The van der Waals surface area contributed by atoms with Crippen LogP contribution in [0.3, 0.4) is 0 Å². The van der Waals surface area contributed by atoms with E-state index in [2.05, 4.69) is 4.99 Å². The molecule has 0 atom stereocenters. The molecule has 0 radical (unpaired) electrons. The van der Waals surface area contributed by atoms with Gasteiger partial charge in [-0.05, 0) is 11.6 Å². The summed E-state index contributed by atoms with van der Waals surface area (Å²) in [7, 11) is -3.15. The van der Waals surface area contributed by atoms with Crippen LogP contribution in [0.5, 0.6) is 0 Å². The van der Waals surface area contributed by atoms with Gasteiger partial charge in [0.1, 0.15) is 0 Å². The second-order valence-electron chi connectivity index (χ2n) is 3.50. The highest BCUT2D eigenvalue weighted by molar-refractivity contribution is 7.88. The molecule has 4 nitrogen and oxygen atoms in total. The molecule has 5 heteroatoms. The molecule has 0 aliphatic carbocycles. The SMILES string of the molecule is CS(=O)(=O)N1CC=Nc2ccccc2C1. The summed E-state index contributed by atoms with van der Waals surface area (Å²) in [5, 5.41) is 0. The molecule has 1 aliphatic rings. The summed E-state index contributed by atoms with van der Waals surface area (Å²) in [6.07, 6.45) is 2.85. The molecule has 2 rings (SSSR count). The quantitative estimate of drug-likeness (QED) is 0.718. The van der Waals surface area contributed by atoms with Gasteiger partial charge < -0.3 is 0 Å². The van der Waals surface area contributed by atoms with Crippen LogP contribution in [0, 0.1) is 0 Å². The van der Waals surface area contributed by atoms with Crippen LogP contribution in [0.2, 0.25) is 0 Å². The summed E-state index contributed by atoms with van der Waals surface area (Å²) in [6.45, 7) is 0.739. The van der Waals surface area contributed by atoms with Crippen molar-refractivity contribution in [2.24, 2.45) is 4.99 Å². The normalized spacial score (nSPS) is 17.1. The standard InChI is InChI=1S/C10H12N2O2S/c1-15(13,14)12-7-6-11-10-5-3-2-4-9(10)8-12/h2-6H,7-8H2,1H3. The number of rotatable bonds is 1. The van der Waals surface area contributed by atoms with E-state index in [-0.39, 0.29) is 0 Å². The average Bonchev–Trinajstić information content (AvgIpc) is 2.38. The molecular formula is C10H12N2O2S. The molecule has 0 saturated carbocycles. The van der Waals surface area contributed by atoms with E-state index in [1.165, 1.54) is 10.6 Å². The van der Waals surface area contributed by atoms with Crippen LogP contribution in [0.15, 0.2) is 29.3 Å². The lowest BCUT2D eigenvalue weighted by Gasteiger charge is -2.16. The fourth-order valence-corrected chi connectivity index (χ4v) is 2.22. The lowest BCUT2D eigenvalue weighted by molar-refractivity contribution is 0.456. The van der Waals surface area contributed by atoms with Crippen LogP contribution in [-0.4, -0.2) is 31.7 Å². The van der Waals surface area contributed by atoms with E-state index in [1.807, 2.05) is 24.3 Å². The number of hydrogen-bond acceptors (Lipinski definition) is 3. The Morgan fingerprint density at radius 2 is 2.07 bits per heavy atom. The number of aliphatic imine (C=N–C) groups is 1. The highest BCUT2D eigenvalue weighted by Crippen LogP contribution is 2.22. The predicted octanol–water partition coefficient (Wildman–Crippen LogP) is 1.16. The molecule has 1 aromatic carbocycles. The van der Waals surface area contributed by atoms with Gasteiger partial charge >= 0.3 is 0 Å². The Morgan fingerprint density at radius 1 is 1.33 bits per heavy atom. The van der Waals surface area contributed by atoms with Gasteiger partial charge in [0.2, 0.25) is 10.0 Å². The van der Waals surface area contributed by atoms with E-state index >= 15 is 0 Å². The van der Waals surface area contributed by atoms with Crippen LogP contribution < -0.4 is 0 Å². The Bertz CT molecular complexity index is 494. The number of nitrogens with zero attached hydrogens (tertiary/aromatic N) is 2. The van der Waals surface area contributed by atoms with Crippen molar-refractivity contribution in [3.63, 3.8) is 0 Å². The monoisotopic (exact) mass is 224 g/mol. The first-order valence-corrected chi connectivity index (χ1v) is 6.48. The second kappa shape index (κ2) is 3.75. The fourth-order valence-electron chi connectivity index (χ4n) is 1.51. The number of fused-ring (bicyclic) bond motifs is 1. The van der Waals surface area contributed by atoms with E-state index in [0.717, 1.165) is 11.3 Å². The van der Waals surface area contributed by atoms with E-state index in [4.69, 9.17) is 0 Å². The minimum absolute atomic E-state index is 0.341. The molecule has 1 aromatic rings. The Balaban J connectivity index is 2.39. The van der Waals surface area contributed by atoms with Crippen molar-refractivity contribution >= 4 is 21.9 Å². The van der Waals surface area contributed by atoms with Crippen molar-refractivity contribution in [3.8, 4) is 0 Å². The zero-order valence-electron chi connectivity index (χ0n) is 8.42. The third-order valence-corrected chi connectivity index (χ3v) is 3.54. The first kappa shape index (κ1) is 10.3. The van der Waals surface area contributed by atoms with E-state index < -0.39 is 10.0 Å². The molecule has 0 N–H and O–H groups in total. The van der Waals surface area contributed by atoms with Crippen molar-refractivity contribution in [3.05, 3.63) is 29.8 Å². The highest BCUT2D eigenvalue weighted by Gasteiger charge is 2.18. The smallest absolute Gasteiger partial charge is 0.211 e. The first-order valence-electron chi connectivity index (χ1n) is 4.63. The number of para-hydroxylation sites is 1. The van der Waals surface area contributed by atoms with Gasteiger partial charge in [0.05, 0.1) is 11.9 Å². The number of sulfonamides is 1. The van der Waals surface area contributed by atoms with Crippen LogP contribution >= 0.6 is 0 Å². The Morgan fingerprint density at radius 3 is 2.80 bits per heavy atom. The molecule has 0 fully saturated rings. The van der Waals surface area contributed by atoms with Gasteiger partial charge in [-0.25, -0.2) is 8.42 Å². The van der Waals surface area contributed by atoms with Crippen LogP contribution in [-0.2, 0) is 16.6 Å². The molecular weight excluding hydrogens is 212 g/mol. The highest BCUT2D eigenvalue weighted by atomic mass is 32.2. The maximum absolute atomic E-state index is 11.4. The van der Waals surface area contributed by atoms with Gasteiger partial charge in [-0.15, -0.1) is 0 Å². The molecule has 0 amide bonds. The Labute approximate surface area is 89.3 Å². The van der Waals surface area contributed by atoms with Crippen LogP contribution in [0.25, 0.3) is 0 Å². The summed E-state index contributed by atoms with van der Waals surface area (Å²) in [4.78, 5) is 4.22. The Hall–Kier alpha value is -1.20. The van der Waals surface area contributed by atoms with E-state index in [0.29, 0.717) is 13.1 Å². The van der Waals surface area contributed by atoms with E-state index in [1.54, 1.807) is 6.21 Å². The third-order valence-electron chi connectivity index (χ3n) is 2.32. The lowest BCUT2D eigenvalue weighted by Crippen LogP contribution is -2.30. The summed E-state index contributed by atoms with van der Waals surface area (Å²) in [5.41, 5.74) is 1.79.